The fourth-order valence-corrected chi connectivity index (χ4v) is 5.51. The summed E-state index contributed by atoms with van der Waals surface area (Å²) < 4.78 is 13.3. The molecule has 0 spiro atoms. The molecule has 1 amide bonds. The highest BCUT2D eigenvalue weighted by Gasteiger charge is 2.28. The second-order valence-corrected chi connectivity index (χ2v) is 10.5. The van der Waals surface area contributed by atoms with Crippen LogP contribution in [0.15, 0.2) is 73.1 Å². The van der Waals surface area contributed by atoms with Crippen molar-refractivity contribution in [3.8, 4) is 22.8 Å². The Kier molecular flexibility index (Phi) is 8.20. The summed E-state index contributed by atoms with van der Waals surface area (Å²) in [6.07, 6.45) is 8.86. The van der Waals surface area contributed by atoms with Crippen LogP contribution in [0.2, 0.25) is 0 Å². The normalized spacial score (nSPS) is 18.2. The Morgan fingerprint density at radius 1 is 1.05 bits per heavy atom. The van der Waals surface area contributed by atoms with Crippen molar-refractivity contribution in [1.82, 2.24) is 30.0 Å². The van der Waals surface area contributed by atoms with Crippen LogP contribution in [0.25, 0.3) is 22.3 Å². The molecule has 212 valence electrons. The van der Waals surface area contributed by atoms with E-state index in [2.05, 4.69) is 15.3 Å². The van der Waals surface area contributed by atoms with Crippen molar-refractivity contribution >= 4 is 22.8 Å². The van der Waals surface area contributed by atoms with Crippen molar-refractivity contribution in [2.45, 2.75) is 37.8 Å². The average Bonchev–Trinajstić information content (AvgIpc) is 3.42. The average molecular weight is 554 g/mol. The number of nitrogens with one attached hydrogen (secondary N) is 1. The van der Waals surface area contributed by atoms with Gasteiger partial charge in [-0.3, -0.25) is 4.79 Å². The Morgan fingerprint density at radius 3 is 2.63 bits per heavy atom. The highest BCUT2D eigenvalue weighted by molar-refractivity contribution is 5.98. The number of amides is 1. The first-order chi connectivity index (χ1) is 20.2. The van der Waals surface area contributed by atoms with E-state index in [4.69, 9.17) is 20.3 Å². The number of nitrogens with two attached hydrogens (primary N) is 1. The summed E-state index contributed by atoms with van der Waals surface area (Å²) in [5, 5.41) is 9.20. The second-order valence-electron chi connectivity index (χ2n) is 10.5. The highest BCUT2D eigenvalue weighted by atomic mass is 16.5. The van der Waals surface area contributed by atoms with E-state index in [0.717, 1.165) is 62.5 Å². The van der Waals surface area contributed by atoms with Crippen molar-refractivity contribution in [3.63, 3.8) is 0 Å². The molecule has 1 atom stereocenters. The van der Waals surface area contributed by atoms with Crippen LogP contribution in [0.4, 0.5) is 5.82 Å². The lowest BCUT2D eigenvalue weighted by Crippen LogP contribution is -2.40. The quantitative estimate of drug-likeness (QED) is 0.309. The molecule has 0 radical (unpaired) electrons. The fraction of sp³-hybridized carbons (Fsp3) is 0.355. The van der Waals surface area contributed by atoms with Gasteiger partial charge in [-0.15, -0.1) is 0 Å². The molecule has 6 rings (SSSR count). The first kappa shape index (κ1) is 26.9. The maximum Gasteiger partial charge on any atom is 0.246 e. The highest BCUT2D eigenvalue weighted by Crippen LogP contribution is 2.35. The Hall–Kier alpha value is -4.28. The molecular formula is C31H35N7O3. The SMILES string of the molecule is Nc1ncnc2c1c(-c1ccc(Oc3ccccc3)cc1)nn2C1CCCN(C(=O)C=CCNC2CCOCC2)C1. The van der Waals surface area contributed by atoms with Gasteiger partial charge in [0, 0.05) is 50.5 Å². The smallest absolute Gasteiger partial charge is 0.246 e. The Balaban J connectivity index is 1.18. The van der Waals surface area contributed by atoms with Crippen LogP contribution in [-0.4, -0.2) is 69.4 Å². The van der Waals surface area contributed by atoms with Gasteiger partial charge < -0.3 is 25.4 Å². The zero-order chi connectivity index (χ0) is 28.0. The van der Waals surface area contributed by atoms with Crippen molar-refractivity contribution < 1.29 is 14.3 Å². The number of carbonyl (C=O) groups excluding carboxylic acids is 1. The number of ether oxygens (including phenoxy) is 2. The van der Waals surface area contributed by atoms with Gasteiger partial charge in [-0.2, -0.15) is 5.10 Å². The van der Waals surface area contributed by atoms with E-state index < -0.39 is 0 Å². The van der Waals surface area contributed by atoms with E-state index in [1.807, 2.05) is 70.3 Å². The van der Waals surface area contributed by atoms with Gasteiger partial charge in [-0.1, -0.05) is 24.3 Å². The molecule has 1 unspecified atom stereocenters. The molecule has 2 aromatic heterocycles. The van der Waals surface area contributed by atoms with Gasteiger partial charge in [0.25, 0.3) is 0 Å². The molecule has 4 heterocycles. The molecule has 2 aromatic carbocycles. The first-order valence-corrected chi connectivity index (χ1v) is 14.2. The topological polar surface area (TPSA) is 120 Å². The minimum Gasteiger partial charge on any atom is -0.457 e. The summed E-state index contributed by atoms with van der Waals surface area (Å²) in [5.41, 5.74) is 8.63. The third-order valence-corrected chi connectivity index (χ3v) is 7.68. The molecule has 10 nitrogen and oxygen atoms in total. The van der Waals surface area contributed by atoms with Crippen molar-refractivity contribution in [2.24, 2.45) is 0 Å². The number of nitrogens with zero attached hydrogens (tertiary/aromatic N) is 5. The van der Waals surface area contributed by atoms with Gasteiger partial charge in [0.15, 0.2) is 5.65 Å². The molecule has 2 aliphatic rings. The lowest BCUT2D eigenvalue weighted by atomic mass is 10.1. The van der Waals surface area contributed by atoms with Crippen LogP contribution in [-0.2, 0) is 9.53 Å². The molecule has 0 bridgehead atoms. The number of anilines is 1. The summed E-state index contributed by atoms with van der Waals surface area (Å²) in [6.45, 7) is 3.54. The van der Waals surface area contributed by atoms with Crippen LogP contribution in [0.5, 0.6) is 11.5 Å². The fourth-order valence-electron chi connectivity index (χ4n) is 5.51. The molecule has 41 heavy (non-hydrogen) atoms. The molecule has 2 aliphatic heterocycles. The number of hydrogen-bond acceptors (Lipinski definition) is 8. The molecule has 4 aromatic rings. The standard InChI is InChI=1S/C31H35N7O3/c32-30-28-29(22-10-12-26(13-11-22)41-25-7-2-1-3-8-25)36-38(31(28)35-21-34-30)24-6-5-17-37(20-24)27(39)9-4-16-33-23-14-18-40-19-15-23/h1-4,7-13,21,23-24,33H,5-6,14-20H2,(H2,32,34,35). The Bertz CT molecular complexity index is 1500. The third kappa shape index (κ3) is 6.23. The van der Waals surface area contributed by atoms with Gasteiger partial charge in [0.1, 0.15) is 29.3 Å². The number of nitrogen functional groups attached to an aromatic ring is 1. The van der Waals surface area contributed by atoms with Gasteiger partial charge in [-0.05, 0) is 62.1 Å². The molecule has 3 N–H and O–H groups in total. The summed E-state index contributed by atoms with van der Waals surface area (Å²) in [6, 6.07) is 17.8. The molecule has 0 saturated carbocycles. The lowest BCUT2D eigenvalue weighted by Gasteiger charge is -2.32. The van der Waals surface area contributed by atoms with Crippen LogP contribution < -0.4 is 15.8 Å². The number of carbonyl (C=O) groups is 1. The zero-order valence-corrected chi connectivity index (χ0v) is 23.0. The monoisotopic (exact) mass is 553 g/mol. The van der Waals surface area contributed by atoms with Crippen LogP contribution in [0.1, 0.15) is 31.7 Å². The summed E-state index contributed by atoms with van der Waals surface area (Å²) >= 11 is 0. The third-order valence-electron chi connectivity index (χ3n) is 7.68. The van der Waals surface area contributed by atoms with Crippen LogP contribution >= 0.6 is 0 Å². The minimum atomic E-state index is -0.0206. The van der Waals surface area contributed by atoms with Crippen LogP contribution in [0.3, 0.4) is 0 Å². The lowest BCUT2D eigenvalue weighted by molar-refractivity contribution is -0.127. The van der Waals surface area contributed by atoms with Gasteiger partial charge in [-0.25, -0.2) is 14.6 Å². The van der Waals surface area contributed by atoms with Gasteiger partial charge in [0.2, 0.25) is 5.91 Å². The zero-order valence-electron chi connectivity index (χ0n) is 23.0. The van der Waals surface area contributed by atoms with E-state index in [-0.39, 0.29) is 11.9 Å². The van der Waals surface area contributed by atoms with Crippen molar-refractivity contribution in [1.29, 1.82) is 0 Å². The van der Waals surface area contributed by atoms with E-state index in [9.17, 15) is 4.79 Å². The van der Waals surface area contributed by atoms with Gasteiger partial charge >= 0.3 is 0 Å². The number of benzene rings is 2. The van der Waals surface area contributed by atoms with Crippen molar-refractivity contribution in [3.05, 3.63) is 73.1 Å². The van der Waals surface area contributed by atoms with E-state index in [1.54, 1.807) is 6.08 Å². The molecule has 0 aliphatic carbocycles. The summed E-state index contributed by atoms with van der Waals surface area (Å²) in [4.78, 5) is 23.7. The largest absolute Gasteiger partial charge is 0.457 e. The van der Waals surface area contributed by atoms with E-state index in [1.165, 1.54) is 6.33 Å². The van der Waals surface area contributed by atoms with Crippen molar-refractivity contribution in [2.75, 3.05) is 38.6 Å². The predicted molar refractivity (Wildman–Crippen MR) is 158 cm³/mol. The number of piperidine rings is 1. The van der Waals surface area contributed by atoms with Crippen LogP contribution in [0, 0.1) is 0 Å². The second kappa shape index (κ2) is 12.5. The molecular weight excluding hydrogens is 518 g/mol. The maximum absolute atomic E-state index is 13.0. The molecule has 2 fully saturated rings. The Labute approximate surface area is 239 Å². The summed E-state index contributed by atoms with van der Waals surface area (Å²) in [7, 11) is 0. The first-order valence-electron chi connectivity index (χ1n) is 14.2. The van der Waals surface area contributed by atoms with E-state index >= 15 is 0 Å². The Morgan fingerprint density at radius 2 is 1.83 bits per heavy atom. The minimum absolute atomic E-state index is 0.0170. The maximum atomic E-state index is 13.0. The summed E-state index contributed by atoms with van der Waals surface area (Å²) in [5.74, 6) is 1.90. The number of fused-ring (bicyclic) bond motifs is 1. The predicted octanol–water partition coefficient (Wildman–Crippen LogP) is 4.36. The van der Waals surface area contributed by atoms with Gasteiger partial charge in [0.05, 0.1) is 11.4 Å². The number of likely N-dealkylation sites (tertiary alicyclic amines) is 1. The molecule has 10 heteroatoms. The number of aromatic nitrogens is 4. The number of hydrogen-bond donors (Lipinski definition) is 2. The number of para-hydroxylation sites is 1. The van der Waals surface area contributed by atoms with E-state index in [0.29, 0.717) is 41.7 Å². The molecule has 2 saturated heterocycles. The number of rotatable bonds is 8.